The molecule has 0 bridgehead atoms. The lowest BCUT2D eigenvalue weighted by atomic mass is 10.1. The van der Waals surface area contributed by atoms with Crippen LogP contribution in [0.3, 0.4) is 0 Å². The predicted octanol–water partition coefficient (Wildman–Crippen LogP) is 1.38. The lowest BCUT2D eigenvalue weighted by Gasteiger charge is -2.03. The smallest absolute Gasteiger partial charge is 0.112 e. The Morgan fingerprint density at radius 2 is 2.40 bits per heavy atom. The first kappa shape index (κ1) is 9.71. The summed E-state index contributed by atoms with van der Waals surface area (Å²) in [5.41, 5.74) is 7.51. The van der Waals surface area contributed by atoms with Gasteiger partial charge in [-0.25, -0.2) is 4.98 Å². The van der Waals surface area contributed by atoms with Gasteiger partial charge in [-0.3, -0.25) is 5.41 Å². The van der Waals surface area contributed by atoms with Gasteiger partial charge in [0.15, 0.2) is 0 Å². The maximum Gasteiger partial charge on any atom is 0.112 e. The van der Waals surface area contributed by atoms with Crippen molar-refractivity contribution in [1.82, 2.24) is 9.38 Å². The Morgan fingerprint density at radius 1 is 1.60 bits per heavy atom. The number of amidine groups is 1. The van der Waals surface area contributed by atoms with Crippen LogP contribution in [0.2, 0.25) is 0 Å². The van der Waals surface area contributed by atoms with Gasteiger partial charge in [0, 0.05) is 19.0 Å². The van der Waals surface area contributed by atoms with Crippen molar-refractivity contribution in [2.45, 2.75) is 19.8 Å². The van der Waals surface area contributed by atoms with Crippen molar-refractivity contribution in [2.24, 2.45) is 5.73 Å². The molecule has 4 nitrogen and oxygen atoms in total. The monoisotopic (exact) mass is 202 g/mol. The van der Waals surface area contributed by atoms with E-state index in [0.29, 0.717) is 6.42 Å². The Bertz CT molecular complexity index is 498. The van der Waals surface area contributed by atoms with E-state index >= 15 is 0 Å². The van der Waals surface area contributed by atoms with Crippen LogP contribution in [0, 0.1) is 5.41 Å². The summed E-state index contributed by atoms with van der Waals surface area (Å²) in [5.74, 6) is 1.22. The molecule has 2 aromatic heterocycles. The van der Waals surface area contributed by atoms with E-state index in [1.165, 1.54) is 0 Å². The molecule has 2 rings (SSSR count). The average molecular weight is 202 g/mol. The van der Waals surface area contributed by atoms with Crippen LogP contribution in [-0.4, -0.2) is 15.2 Å². The van der Waals surface area contributed by atoms with Gasteiger partial charge >= 0.3 is 0 Å². The second-order valence-corrected chi connectivity index (χ2v) is 3.52. The molecule has 78 valence electrons. The Balaban J connectivity index is 2.56. The third-order valence-corrected chi connectivity index (χ3v) is 2.43. The first-order valence-electron chi connectivity index (χ1n) is 4.99. The van der Waals surface area contributed by atoms with Gasteiger partial charge in [0.2, 0.25) is 0 Å². The molecule has 0 spiro atoms. The molecule has 3 N–H and O–H groups in total. The third-order valence-electron chi connectivity index (χ3n) is 2.43. The lowest BCUT2D eigenvalue weighted by molar-refractivity contribution is 0.930. The van der Waals surface area contributed by atoms with Crippen molar-refractivity contribution in [3.63, 3.8) is 0 Å². The average Bonchev–Trinajstić information content (AvgIpc) is 2.61. The highest BCUT2D eigenvalue weighted by atomic mass is 15.0. The van der Waals surface area contributed by atoms with E-state index in [4.69, 9.17) is 11.1 Å². The Kier molecular flexibility index (Phi) is 2.41. The minimum atomic E-state index is 0.183. The number of rotatable bonds is 3. The van der Waals surface area contributed by atoms with Gasteiger partial charge in [0.05, 0.1) is 17.5 Å². The van der Waals surface area contributed by atoms with Crippen LogP contribution in [0.4, 0.5) is 0 Å². The topological polar surface area (TPSA) is 67.2 Å². The fourth-order valence-corrected chi connectivity index (χ4v) is 1.75. The molecule has 0 saturated carbocycles. The normalized spacial score (nSPS) is 10.7. The van der Waals surface area contributed by atoms with E-state index in [-0.39, 0.29) is 5.84 Å². The summed E-state index contributed by atoms with van der Waals surface area (Å²) in [4.78, 5) is 4.33. The molecule has 0 aliphatic carbocycles. The van der Waals surface area contributed by atoms with Gasteiger partial charge in [-0.05, 0) is 11.6 Å². The summed E-state index contributed by atoms with van der Waals surface area (Å²) in [6.07, 6.45) is 5.22. The van der Waals surface area contributed by atoms with Gasteiger partial charge in [-0.1, -0.05) is 13.0 Å². The van der Waals surface area contributed by atoms with E-state index in [0.717, 1.165) is 23.3 Å². The van der Waals surface area contributed by atoms with E-state index in [9.17, 15) is 0 Å². The third kappa shape index (κ3) is 1.70. The number of aromatic nitrogens is 2. The number of fused-ring (bicyclic) bond motifs is 1. The second-order valence-electron chi connectivity index (χ2n) is 3.52. The lowest BCUT2D eigenvalue weighted by Crippen LogP contribution is -2.13. The number of imidazole rings is 1. The molecular weight excluding hydrogens is 188 g/mol. The molecule has 4 heteroatoms. The summed E-state index contributed by atoms with van der Waals surface area (Å²) in [5, 5.41) is 7.31. The molecular formula is C11H14N4. The molecule has 15 heavy (non-hydrogen) atoms. The van der Waals surface area contributed by atoms with Crippen molar-refractivity contribution in [2.75, 3.05) is 0 Å². The van der Waals surface area contributed by atoms with Crippen LogP contribution in [0.25, 0.3) is 5.52 Å². The van der Waals surface area contributed by atoms with Gasteiger partial charge in [0.1, 0.15) is 5.82 Å². The van der Waals surface area contributed by atoms with Crippen molar-refractivity contribution < 1.29 is 0 Å². The minimum Gasteiger partial charge on any atom is -0.387 e. The van der Waals surface area contributed by atoms with Crippen LogP contribution < -0.4 is 5.73 Å². The molecule has 0 atom stereocenters. The highest BCUT2D eigenvalue weighted by Crippen LogP contribution is 2.13. The molecule has 0 saturated heterocycles. The predicted molar refractivity (Wildman–Crippen MR) is 60.2 cm³/mol. The summed E-state index contributed by atoms with van der Waals surface area (Å²) in [7, 11) is 0. The van der Waals surface area contributed by atoms with Gasteiger partial charge in [-0.2, -0.15) is 0 Å². The largest absolute Gasteiger partial charge is 0.387 e. The van der Waals surface area contributed by atoms with Crippen molar-refractivity contribution >= 4 is 11.4 Å². The van der Waals surface area contributed by atoms with E-state index in [1.807, 2.05) is 24.5 Å². The Labute approximate surface area is 88.3 Å². The standard InChI is InChI=1S/C11H14N4/c1-2-11-14-7-9-8(6-10(12)13)4-3-5-15(9)11/h3-5,7H,2,6H2,1H3,(H3,12,13). The summed E-state index contributed by atoms with van der Waals surface area (Å²) in [6.45, 7) is 2.08. The highest BCUT2D eigenvalue weighted by Gasteiger charge is 2.06. The van der Waals surface area contributed by atoms with Gasteiger partial charge in [-0.15, -0.1) is 0 Å². The van der Waals surface area contributed by atoms with Crippen molar-refractivity contribution in [3.05, 3.63) is 35.9 Å². The Hall–Kier alpha value is -1.84. The zero-order chi connectivity index (χ0) is 10.8. The molecule has 2 aromatic rings. The highest BCUT2D eigenvalue weighted by molar-refractivity contribution is 5.81. The van der Waals surface area contributed by atoms with Crippen molar-refractivity contribution in [1.29, 1.82) is 5.41 Å². The molecule has 0 aromatic carbocycles. The number of nitrogens with one attached hydrogen (secondary N) is 1. The van der Waals surface area contributed by atoms with Gasteiger partial charge < -0.3 is 10.1 Å². The molecule has 0 amide bonds. The number of hydrogen-bond acceptors (Lipinski definition) is 2. The zero-order valence-electron chi connectivity index (χ0n) is 8.70. The Morgan fingerprint density at radius 3 is 3.07 bits per heavy atom. The number of pyridine rings is 1. The summed E-state index contributed by atoms with van der Waals surface area (Å²) < 4.78 is 2.05. The van der Waals surface area contributed by atoms with Gasteiger partial charge in [0.25, 0.3) is 0 Å². The fourth-order valence-electron chi connectivity index (χ4n) is 1.75. The van der Waals surface area contributed by atoms with Crippen LogP contribution in [0.1, 0.15) is 18.3 Å². The SMILES string of the molecule is CCc1ncc2c(CC(=N)N)cccn12. The van der Waals surface area contributed by atoms with Crippen LogP contribution in [0.5, 0.6) is 0 Å². The first-order valence-corrected chi connectivity index (χ1v) is 4.99. The molecule has 0 unspecified atom stereocenters. The molecule has 2 heterocycles. The van der Waals surface area contributed by atoms with Crippen LogP contribution >= 0.6 is 0 Å². The summed E-state index contributed by atoms with van der Waals surface area (Å²) in [6, 6.07) is 3.95. The van der Waals surface area contributed by atoms with E-state index in [1.54, 1.807) is 0 Å². The number of hydrogen-bond donors (Lipinski definition) is 2. The number of nitrogens with two attached hydrogens (primary N) is 1. The number of aryl methyl sites for hydroxylation is 1. The van der Waals surface area contributed by atoms with E-state index in [2.05, 4.69) is 16.3 Å². The van der Waals surface area contributed by atoms with Crippen LogP contribution in [0.15, 0.2) is 24.5 Å². The molecule has 0 aliphatic heterocycles. The molecule has 0 aliphatic rings. The maximum absolute atomic E-state index is 7.31. The minimum absolute atomic E-state index is 0.183. The summed E-state index contributed by atoms with van der Waals surface area (Å²) >= 11 is 0. The van der Waals surface area contributed by atoms with Crippen molar-refractivity contribution in [3.8, 4) is 0 Å². The molecule has 0 fully saturated rings. The first-order chi connectivity index (χ1) is 7.22. The van der Waals surface area contributed by atoms with E-state index < -0.39 is 0 Å². The zero-order valence-corrected chi connectivity index (χ0v) is 8.70. The molecule has 0 radical (unpaired) electrons. The number of nitrogens with zero attached hydrogens (tertiary/aromatic N) is 2. The second kappa shape index (κ2) is 3.73. The maximum atomic E-state index is 7.31. The fraction of sp³-hybridized carbons (Fsp3) is 0.273. The van der Waals surface area contributed by atoms with Crippen LogP contribution in [-0.2, 0) is 12.8 Å². The quantitative estimate of drug-likeness (QED) is 0.583.